The van der Waals surface area contributed by atoms with Crippen molar-refractivity contribution in [3.8, 4) is 6.01 Å². The monoisotopic (exact) mass is 246 g/mol. The zero-order valence-electron chi connectivity index (χ0n) is 10.6. The van der Waals surface area contributed by atoms with Crippen LogP contribution < -0.4 is 4.74 Å². The van der Waals surface area contributed by atoms with Crippen molar-refractivity contribution in [2.75, 3.05) is 13.7 Å². The Morgan fingerprint density at radius 1 is 1.39 bits per heavy atom. The Labute approximate surface area is 107 Å². The lowest BCUT2D eigenvalue weighted by atomic mass is 10.1. The highest BCUT2D eigenvalue weighted by Gasteiger charge is 2.25. The molecule has 0 radical (unpaired) electrons. The number of fused-ring (bicyclic) bond motifs is 3. The minimum Gasteiger partial charge on any atom is -0.459 e. The standard InChI is InChI=1S/C14H18N2O2/c1-17-9-5-4-6-11-10-16-13-8-3-2-7-12(13)15-14(16)18-11/h2-3,7-8,11H,4-6,9-10H2,1H3. The van der Waals surface area contributed by atoms with E-state index in [1.165, 1.54) is 5.52 Å². The molecule has 2 heterocycles. The van der Waals surface area contributed by atoms with Gasteiger partial charge in [-0.1, -0.05) is 12.1 Å². The molecular formula is C14H18N2O2. The van der Waals surface area contributed by atoms with Crippen molar-refractivity contribution in [3.05, 3.63) is 24.3 Å². The topological polar surface area (TPSA) is 36.3 Å². The van der Waals surface area contributed by atoms with Crippen molar-refractivity contribution in [1.29, 1.82) is 0 Å². The first-order valence-electron chi connectivity index (χ1n) is 6.49. The van der Waals surface area contributed by atoms with Crippen LogP contribution in [0.3, 0.4) is 0 Å². The van der Waals surface area contributed by atoms with Gasteiger partial charge in [-0.2, -0.15) is 4.98 Å². The lowest BCUT2D eigenvalue weighted by Crippen LogP contribution is -2.14. The number of nitrogens with zero attached hydrogens (tertiary/aromatic N) is 2. The highest BCUT2D eigenvalue weighted by atomic mass is 16.5. The van der Waals surface area contributed by atoms with E-state index in [1.807, 2.05) is 18.2 Å². The minimum atomic E-state index is 0.272. The molecular weight excluding hydrogens is 228 g/mol. The van der Waals surface area contributed by atoms with Crippen molar-refractivity contribution < 1.29 is 9.47 Å². The number of rotatable bonds is 5. The molecule has 4 nitrogen and oxygen atoms in total. The van der Waals surface area contributed by atoms with Crippen LogP contribution in [-0.4, -0.2) is 29.4 Å². The van der Waals surface area contributed by atoms with E-state index in [9.17, 15) is 0 Å². The van der Waals surface area contributed by atoms with Gasteiger partial charge in [-0.05, 0) is 31.4 Å². The number of hydrogen-bond donors (Lipinski definition) is 0. The first kappa shape index (κ1) is 11.5. The molecule has 0 N–H and O–H groups in total. The molecule has 2 aromatic rings. The van der Waals surface area contributed by atoms with Gasteiger partial charge in [0.25, 0.3) is 6.01 Å². The van der Waals surface area contributed by atoms with Gasteiger partial charge in [-0.15, -0.1) is 0 Å². The van der Waals surface area contributed by atoms with Gasteiger partial charge in [-0.3, -0.25) is 4.57 Å². The normalized spacial score (nSPS) is 17.9. The van der Waals surface area contributed by atoms with Crippen LogP contribution in [0.4, 0.5) is 0 Å². The average Bonchev–Trinajstić information content (AvgIpc) is 2.91. The number of methoxy groups -OCH3 is 1. The minimum absolute atomic E-state index is 0.272. The molecule has 1 atom stereocenters. The Morgan fingerprint density at radius 2 is 2.28 bits per heavy atom. The predicted octanol–water partition coefficient (Wildman–Crippen LogP) is 2.61. The van der Waals surface area contributed by atoms with Crippen LogP contribution in [0, 0.1) is 0 Å². The SMILES string of the molecule is COCCCCC1Cn2c(nc3ccccc32)O1. The van der Waals surface area contributed by atoms with Crippen molar-refractivity contribution in [2.45, 2.75) is 31.9 Å². The van der Waals surface area contributed by atoms with Crippen LogP contribution in [0.15, 0.2) is 24.3 Å². The van der Waals surface area contributed by atoms with Crippen molar-refractivity contribution in [2.24, 2.45) is 0 Å². The maximum Gasteiger partial charge on any atom is 0.297 e. The highest BCUT2D eigenvalue weighted by molar-refractivity contribution is 5.76. The van der Waals surface area contributed by atoms with Crippen LogP contribution >= 0.6 is 0 Å². The molecule has 1 unspecified atom stereocenters. The van der Waals surface area contributed by atoms with Gasteiger partial charge in [-0.25, -0.2) is 0 Å². The summed E-state index contributed by atoms with van der Waals surface area (Å²) in [5.41, 5.74) is 2.19. The summed E-state index contributed by atoms with van der Waals surface area (Å²) in [4.78, 5) is 4.50. The van der Waals surface area contributed by atoms with Gasteiger partial charge in [0, 0.05) is 13.7 Å². The first-order valence-corrected chi connectivity index (χ1v) is 6.49. The summed E-state index contributed by atoms with van der Waals surface area (Å²) in [6.45, 7) is 1.75. The van der Waals surface area contributed by atoms with Crippen LogP contribution in [0.1, 0.15) is 19.3 Å². The Morgan fingerprint density at radius 3 is 3.17 bits per heavy atom. The summed E-state index contributed by atoms with van der Waals surface area (Å²) < 4.78 is 13.1. The van der Waals surface area contributed by atoms with E-state index in [-0.39, 0.29) is 6.10 Å². The molecule has 1 aliphatic rings. The van der Waals surface area contributed by atoms with Crippen molar-refractivity contribution in [3.63, 3.8) is 0 Å². The number of hydrogen-bond acceptors (Lipinski definition) is 3. The third kappa shape index (κ3) is 2.08. The third-order valence-electron chi connectivity index (χ3n) is 3.40. The lowest BCUT2D eigenvalue weighted by Gasteiger charge is -2.08. The van der Waals surface area contributed by atoms with Crippen LogP contribution in [0.25, 0.3) is 11.0 Å². The summed E-state index contributed by atoms with van der Waals surface area (Å²) >= 11 is 0. The molecule has 0 saturated heterocycles. The number of aromatic nitrogens is 2. The van der Waals surface area contributed by atoms with Gasteiger partial charge < -0.3 is 9.47 Å². The molecule has 96 valence electrons. The predicted molar refractivity (Wildman–Crippen MR) is 69.9 cm³/mol. The van der Waals surface area contributed by atoms with Crippen molar-refractivity contribution >= 4 is 11.0 Å². The van der Waals surface area contributed by atoms with E-state index in [2.05, 4.69) is 15.6 Å². The number of para-hydroxylation sites is 2. The maximum atomic E-state index is 5.88. The average molecular weight is 246 g/mol. The molecule has 1 aliphatic heterocycles. The highest BCUT2D eigenvalue weighted by Crippen LogP contribution is 2.29. The van der Waals surface area contributed by atoms with Gasteiger partial charge >= 0.3 is 0 Å². The molecule has 0 spiro atoms. The summed E-state index contributed by atoms with van der Waals surface area (Å²) in [5, 5.41) is 0. The number of unbranched alkanes of at least 4 members (excludes halogenated alkanes) is 1. The third-order valence-corrected chi connectivity index (χ3v) is 3.40. The summed E-state index contributed by atoms with van der Waals surface area (Å²) in [6, 6.07) is 8.95. The zero-order chi connectivity index (χ0) is 12.4. The molecule has 3 rings (SSSR count). The van der Waals surface area contributed by atoms with E-state index >= 15 is 0 Å². The lowest BCUT2D eigenvalue weighted by molar-refractivity contribution is 0.176. The zero-order valence-corrected chi connectivity index (χ0v) is 10.6. The Balaban J connectivity index is 1.65. The van der Waals surface area contributed by atoms with E-state index < -0.39 is 0 Å². The largest absolute Gasteiger partial charge is 0.459 e. The second-order valence-corrected chi connectivity index (χ2v) is 4.72. The van der Waals surface area contributed by atoms with Crippen LogP contribution in [0.2, 0.25) is 0 Å². The van der Waals surface area contributed by atoms with Gasteiger partial charge in [0.1, 0.15) is 6.10 Å². The second-order valence-electron chi connectivity index (χ2n) is 4.72. The molecule has 0 saturated carbocycles. The molecule has 0 bridgehead atoms. The molecule has 0 fully saturated rings. The molecule has 0 aliphatic carbocycles. The number of imidazole rings is 1. The summed E-state index contributed by atoms with van der Waals surface area (Å²) in [5.74, 6) is 0. The summed E-state index contributed by atoms with van der Waals surface area (Å²) in [6.07, 6.45) is 3.58. The van der Waals surface area contributed by atoms with Crippen molar-refractivity contribution in [1.82, 2.24) is 9.55 Å². The Kier molecular flexibility index (Phi) is 3.19. The quantitative estimate of drug-likeness (QED) is 0.761. The number of ether oxygens (including phenoxy) is 2. The smallest absolute Gasteiger partial charge is 0.297 e. The van der Waals surface area contributed by atoms with Crippen LogP contribution in [-0.2, 0) is 11.3 Å². The van der Waals surface area contributed by atoms with E-state index in [0.29, 0.717) is 0 Å². The van der Waals surface area contributed by atoms with E-state index in [1.54, 1.807) is 7.11 Å². The van der Waals surface area contributed by atoms with Gasteiger partial charge in [0.15, 0.2) is 0 Å². The maximum absolute atomic E-state index is 5.88. The fourth-order valence-electron chi connectivity index (χ4n) is 2.48. The van der Waals surface area contributed by atoms with E-state index in [0.717, 1.165) is 43.9 Å². The molecule has 18 heavy (non-hydrogen) atoms. The molecule has 1 aromatic heterocycles. The van der Waals surface area contributed by atoms with Gasteiger partial charge in [0.05, 0.1) is 17.6 Å². The molecule has 0 amide bonds. The Hall–Kier alpha value is -1.55. The molecule has 4 heteroatoms. The van der Waals surface area contributed by atoms with Gasteiger partial charge in [0.2, 0.25) is 0 Å². The first-order chi connectivity index (χ1) is 8.88. The number of benzene rings is 1. The fraction of sp³-hybridized carbons (Fsp3) is 0.500. The summed E-state index contributed by atoms with van der Waals surface area (Å²) in [7, 11) is 1.74. The second kappa shape index (κ2) is 4.98. The van der Waals surface area contributed by atoms with E-state index in [4.69, 9.17) is 9.47 Å². The molecule has 1 aromatic carbocycles. The van der Waals surface area contributed by atoms with Crippen LogP contribution in [0.5, 0.6) is 6.01 Å². The fourth-order valence-corrected chi connectivity index (χ4v) is 2.48. The Bertz CT molecular complexity index is 536.